The van der Waals surface area contributed by atoms with Gasteiger partial charge in [-0.1, -0.05) is 30.3 Å². The zero-order valence-electron chi connectivity index (χ0n) is 21.3. The normalized spacial score (nSPS) is 14.4. The molecule has 39 heavy (non-hydrogen) atoms. The molecule has 10 heteroatoms. The first-order chi connectivity index (χ1) is 19.0. The van der Waals surface area contributed by atoms with E-state index in [1.165, 1.54) is 18.1 Å². The van der Waals surface area contributed by atoms with Gasteiger partial charge in [0.2, 0.25) is 5.91 Å². The van der Waals surface area contributed by atoms with E-state index in [0.717, 1.165) is 48.6 Å². The maximum Gasteiger partial charge on any atom is 0.276 e. The minimum atomic E-state index is -0.310. The molecule has 1 aliphatic heterocycles. The van der Waals surface area contributed by atoms with Crippen molar-refractivity contribution in [1.82, 2.24) is 24.8 Å². The number of hydrogen-bond acceptors (Lipinski definition) is 6. The molecule has 0 bridgehead atoms. The Morgan fingerprint density at radius 3 is 2.38 bits per heavy atom. The summed E-state index contributed by atoms with van der Waals surface area (Å²) in [6, 6.07) is 17.5. The predicted octanol–water partition coefficient (Wildman–Crippen LogP) is 4.73. The monoisotopic (exact) mass is 518 g/mol. The fourth-order valence-corrected chi connectivity index (χ4v) is 5.26. The summed E-state index contributed by atoms with van der Waals surface area (Å²) in [6.07, 6.45) is 5.55. The Bertz CT molecular complexity index is 1710. The number of anilines is 3. The van der Waals surface area contributed by atoms with E-state index in [-0.39, 0.29) is 17.7 Å². The maximum absolute atomic E-state index is 13.6. The van der Waals surface area contributed by atoms with Gasteiger partial charge in [0.25, 0.3) is 5.91 Å². The average Bonchev–Trinajstić information content (AvgIpc) is 3.31. The van der Waals surface area contributed by atoms with Crippen LogP contribution in [0.5, 0.6) is 0 Å². The molecule has 4 heterocycles. The lowest BCUT2D eigenvalue weighted by molar-refractivity contribution is -0.114. The zero-order valence-corrected chi connectivity index (χ0v) is 21.3. The van der Waals surface area contributed by atoms with Crippen molar-refractivity contribution in [1.29, 1.82) is 0 Å². The topological polar surface area (TPSA) is 120 Å². The first kappa shape index (κ1) is 23.2. The number of rotatable bonds is 6. The molecule has 2 aromatic carbocycles. The number of nitrogens with one attached hydrogen (secondary N) is 3. The summed E-state index contributed by atoms with van der Waals surface area (Å²) >= 11 is 0. The van der Waals surface area contributed by atoms with E-state index in [4.69, 9.17) is 10.1 Å². The summed E-state index contributed by atoms with van der Waals surface area (Å²) in [4.78, 5) is 32.5. The van der Waals surface area contributed by atoms with Crippen molar-refractivity contribution in [3.05, 3.63) is 89.4 Å². The lowest BCUT2D eigenvalue weighted by Gasteiger charge is -2.18. The van der Waals surface area contributed by atoms with Gasteiger partial charge in [-0.2, -0.15) is 10.2 Å². The summed E-state index contributed by atoms with van der Waals surface area (Å²) in [5.74, 6) is 0.580. The number of hydrogen-bond donors (Lipinski definition) is 3. The van der Waals surface area contributed by atoms with E-state index < -0.39 is 0 Å². The van der Waals surface area contributed by atoms with Crippen molar-refractivity contribution in [3.63, 3.8) is 0 Å². The summed E-state index contributed by atoms with van der Waals surface area (Å²) in [5.41, 5.74) is 7.37. The van der Waals surface area contributed by atoms with Crippen LogP contribution >= 0.6 is 0 Å². The van der Waals surface area contributed by atoms with Gasteiger partial charge in [-0.15, -0.1) is 0 Å². The zero-order chi connectivity index (χ0) is 26.5. The second-order valence-corrected chi connectivity index (χ2v) is 10.1. The molecule has 2 aliphatic rings. The fraction of sp³-hybridized carbons (Fsp3) is 0.207. The van der Waals surface area contributed by atoms with Crippen LogP contribution in [-0.4, -0.2) is 36.6 Å². The molecule has 0 atom stereocenters. The van der Waals surface area contributed by atoms with E-state index in [9.17, 15) is 9.59 Å². The fourth-order valence-electron chi connectivity index (χ4n) is 5.26. The summed E-state index contributed by atoms with van der Waals surface area (Å²) in [6.45, 7) is 2.99. The van der Waals surface area contributed by atoms with Crippen LogP contribution in [0.15, 0.2) is 67.0 Å². The highest BCUT2D eigenvalue weighted by atomic mass is 16.2. The Kier molecular flexibility index (Phi) is 5.39. The number of amides is 2. The summed E-state index contributed by atoms with van der Waals surface area (Å²) in [7, 11) is 0. The van der Waals surface area contributed by atoms with Crippen molar-refractivity contribution < 1.29 is 9.59 Å². The first-order valence-corrected chi connectivity index (χ1v) is 13.0. The minimum absolute atomic E-state index is 0.176. The second-order valence-electron chi connectivity index (χ2n) is 10.1. The summed E-state index contributed by atoms with van der Waals surface area (Å²) < 4.78 is 1.77. The number of aromatic amines is 1. The molecule has 3 aromatic heterocycles. The maximum atomic E-state index is 13.6. The molecule has 1 aliphatic carbocycles. The van der Waals surface area contributed by atoms with Crippen LogP contribution < -0.4 is 15.5 Å². The highest BCUT2D eigenvalue weighted by Crippen LogP contribution is 2.44. The second kappa shape index (κ2) is 9.09. The number of benzene rings is 2. The molecule has 10 nitrogen and oxygen atoms in total. The lowest BCUT2D eigenvalue weighted by Crippen LogP contribution is -2.17. The number of H-pyrrole nitrogens is 1. The van der Waals surface area contributed by atoms with Crippen molar-refractivity contribution >= 4 is 34.7 Å². The van der Waals surface area contributed by atoms with Crippen LogP contribution in [0.2, 0.25) is 0 Å². The molecule has 0 saturated heterocycles. The molecule has 3 N–H and O–H groups in total. The van der Waals surface area contributed by atoms with Crippen molar-refractivity contribution in [2.45, 2.75) is 38.8 Å². The predicted molar refractivity (Wildman–Crippen MR) is 148 cm³/mol. The van der Waals surface area contributed by atoms with Gasteiger partial charge in [0, 0.05) is 54.8 Å². The van der Waals surface area contributed by atoms with Crippen LogP contribution in [0, 0.1) is 0 Å². The number of aromatic nitrogens is 5. The Balaban J connectivity index is 1.32. The highest BCUT2D eigenvalue weighted by Gasteiger charge is 2.35. The third-order valence-corrected chi connectivity index (χ3v) is 7.21. The van der Waals surface area contributed by atoms with Crippen molar-refractivity contribution in [3.8, 4) is 11.3 Å². The van der Waals surface area contributed by atoms with Crippen LogP contribution in [0.1, 0.15) is 52.9 Å². The summed E-state index contributed by atoms with van der Waals surface area (Å²) in [5, 5.41) is 17.6. The quantitative estimate of drug-likeness (QED) is 0.299. The van der Waals surface area contributed by atoms with Crippen LogP contribution in [0.3, 0.4) is 0 Å². The van der Waals surface area contributed by atoms with Gasteiger partial charge in [0.1, 0.15) is 5.82 Å². The van der Waals surface area contributed by atoms with Gasteiger partial charge in [-0.05, 0) is 48.1 Å². The third kappa shape index (κ3) is 4.29. The van der Waals surface area contributed by atoms with Crippen molar-refractivity contribution in [2.24, 2.45) is 0 Å². The minimum Gasteiger partial charge on any atom is -0.348 e. The van der Waals surface area contributed by atoms with Gasteiger partial charge >= 0.3 is 0 Å². The molecule has 0 spiro atoms. The highest BCUT2D eigenvalue weighted by molar-refractivity contribution is 6.05. The van der Waals surface area contributed by atoms with E-state index in [0.29, 0.717) is 22.7 Å². The van der Waals surface area contributed by atoms with E-state index >= 15 is 0 Å². The first-order valence-electron chi connectivity index (χ1n) is 13.0. The Hall–Kier alpha value is -4.99. The average molecular weight is 519 g/mol. The molecule has 5 aromatic rings. The molecular weight excluding hydrogens is 492 g/mol. The van der Waals surface area contributed by atoms with Gasteiger partial charge < -0.3 is 15.5 Å². The SMILES string of the molecule is CC(=O)Nc1cccc(NC(=O)c2nn3c(-c4cn[nH]c4)cc(N4Cc5ccccc5C4)nc3c2C2CC2)c1. The van der Waals surface area contributed by atoms with E-state index in [2.05, 4.69) is 50.0 Å². The number of nitrogens with zero attached hydrogens (tertiary/aromatic N) is 5. The Morgan fingerprint density at radius 2 is 1.72 bits per heavy atom. The Morgan fingerprint density at radius 1 is 0.974 bits per heavy atom. The largest absolute Gasteiger partial charge is 0.348 e. The van der Waals surface area contributed by atoms with Crippen LogP contribution in [0.4, 0.5) is 17.2 Å². The standard InChI is InChI=1S/C29H26N8O2/c1-17(38)32-22-7-4-8-23(11-22)33-29(39)27-26(18-9-10-18)28-34-25(36-15-19-5-2-3-6-20(19)16-36)12-24(37(28)35-27)21-13-30-31-14-21/h2-8,11-14,18H,9-10,15-16H2,1H3,(H,30,31)(H,32,38)(H,33,39). The molecular formula is C29H26N8O2. The number of carbonyl (C=O) groups excluding carboxylic acids is 2. The van der Waals surface area contributed by atoms with Gasteiger partial charge in [0.15, 0.2) is 11.3 Å². The molecule has 1 fully saturated rings. The smallest absolute Gasteiger partial charge is 0.276 e. The number of carbonyl (C=O) groups is 2. The molecule has 0 radical (unpaired) electrons. The van der Waals surface area contributed by atoms with Crippen LogP contribution in [0.25, 0.3) is 16.9 Å². The molecule has 0 unspecified atom stereocenters. The van der Waals surface area contributed by atoms with Gasteiger partial charge in [-0.3, -0.25) is 14.7 Å². The van der Waals surface area contributed by atoms with Gasteiger partial charge in [0.05, 0.1) is 11.9 Å². The van der Waals surface area contributed by atoms with Crippen LogP contribution in [-0.2, 0) is 17.9 Å². The van der Waals surface area contributed by atoms with Crippen molar-refractivity contribution in [2.75, 3.05) is 15.5 Å². The van der Waals surface area contributed by atoms with Gasteiger partial charge in [-0.25, -0.2) is 9.50 Å². The molecule has 1 saturated carbocycles. The number of fused-ring (bicyclic) bond motifs is 2. The van der Waals surface area contributed by atoms with E-state index in [1.54, 1.807) is 35.0 Å². The molecule has 194 valence electrons. The third-order valence-electron chi connectivity index (χ3n) is 7.21. The van der Waals surface area contributed by atoms with E-state index in [1.807, 2.05) is 12.3 Å². The molecule has 2 amide bonds. The lowest BCUT2D eigenvalue weighted by atomic mass is 10.1. The Labute approximate surface area is 224 Å². The molecule has 7 rings (SSSR count).